The molecule has 0 aromatic heterocycles. The van der Waals surface area contributed by atoms with Crippen molar-refractivity contribution in [3.8, 4) is 0 Å². The van der Waals surface area contributed by atoms with E-state index in [1.807, 2.05) is 32.8 Å². The second-order valence-corrected chi connectivity index (χ2v) is 17.0. The Hall–Kier alpha value is -1.63. The van der Waals surface area contributed by atoms with Crippen LogP contribution in [0, 0.1) is 10.8 Å². The zero-order valence-corrected chi connectivity index (χ0v) is 35.2. The smallest absolute Gasteiger partial charge is 0.311 e. The first-order chi connectivity index (χ1) is 24.3. The predicted molar refractivity (Wildman–Crippen MR) is 214 cm³/mol. The van der Waals surface area contributed by atoms with Gasteiger partial charge in [-0.3, -0.25) is 14.4 Å². The number of carbonyl (C=O) groups excluding carboxylic acids is 3. The summed E-state index contributed by atoms with van der Waals surface area (Å²) in [6.07, 6.45) is 28.6. The van der Waals surface area contributed by atoms with E-state index in [0.717, 1.165) is 83.5 Å². The highest BCUT2D eigenvalue weighted by Crippen LogP contribution is 2.31. The molecule has 1 atom stereocenters. The van der Waals surface area contributed by atoms with Gasteiger partial charge in [0, 0.05) is 13.0 Å². The van der Waals surface area contributed by atoms with Crippen molar-refractivity contribution in [2.45, 2.75) is 221 Å². The summed E-state index contributed by atoms with van der Waals surface area (Å²) < 4.78 is 17.2. The molecule has 1 unspecified atom stereocenters. The summed E-state index contributed by atoms with van der Waals surface area (Å²) in [7, 11) is 3.93. The number of unbranched alkanes of at least 4 members (excludes halogenated alkanes) is 16. The summed E-state index contributed by atoms with van der Waals surface area (Å²) >= 11 is 0. The van der Waals surface area contributed by atoms with E-state index < -0.39 is 5.41 Å². The number of esters is 3. The number of ether oxygens (including phenoxy) is 3. The van der Waals surface area contributed by atoms with Crippen LogP contribution in [0.4, 0.5) is 0 Å². The lowest BCUT2D eigenvalue weighted by molar-refractivity contribution is -0.154. The molecule has 0 radical (unpaired) electrons. The Morgan fingerprint density at radius 1 is 0.529 bits per heavy atom. The van der Waals surface area contributed by atoms with E-state index >= 15 is 0 Å². The number of carbonyl (C=O) groups is 3. The Labute approximate surface area is 316 Å². The fraction of sp³-hybridized carbons (Fsp3) is 0.932. The maximum absolute atomic E-state index is 12.8. The van der Waals surface area contributed by atoms with E-state index in [-0.39, 0.29) is 29.4 Å². The van der Waals surface area contributed by atoms with E-state index in [1.54, 1.807) is 0 Å². The van der Waals surface area contributed by atoms with Gasteiger partial charge in [-0.2, -0.15) is 0 Å². The minimum Gasteiger partial charge on any atom is -0.466 e. The molecule has 302 valence electrons. The third-order valence-corrected chi connectivity index (χ3v) is 10.3. The number of rotatable bonds is 36. The molecule has 0 fully saturated rings. The monoisotopic (exact) mass is 724 g/mol. The molecular weight excluding hydrogens is 638 g/mol. The third-order valence-electron chi connectivity index (χ3n) is 10.3. The Morgan fingerprint density at radius 2 is 1.02 bits per heavy atom. The first-order valence-corrected chi connectivity index (χ1v) is 21.5. The summed E-state index contributed by atoms with van der Waals surface area (Å²) in [5, 5.41) is 0. The molecule has 0 saturated carbocycles. The van der Waals surface area contributed by atoms with Crippen molar-refractivity contribution in [1.29, 1.82) is 0 Å². The standard InChI is InChI=1S/C44H85NO6/c1-9-11-13-15-17-19-21-26-37-49-40(46)31-35-43(3,4)33-28-30-39(51-41(47)32-36-45(7)8)29-24-23-25-34-44(5,6)42(48)50-38-27-22-20-18-16-14-12-10-2/h39H,9-38H2,1-8H3. The quantitative estimate of drug-likeness (QED) is 0.0361. The highest BCUT2D eigenvalue weighted by atomic mass is 16.5. The fourth-order valence-electron chi connectivity index (χ4n) is 6.50. The molecule has 0 bridgehead atoms. The average molecular weight is 724 g/mol. The van der Waals surface area contributed by atoms with Crippen LogP contribution in [0.1, 0.15) is 215 Å². The van der Waals surface area contributed by atoms with Gasteiger partial charge >= 0.3 is 17.9 Å². The van der Waals surface area contributed by atoms with Gasteiger partial charge in [-0.1, -0.05) is 130 Å². The van der Waals surface area contributed by atoms with Gasteiger partial charge in [0.1, 0.15) is 6.10 Å². The second kappa shape index (κ2) is 31.9. The lowest BCUT2D eigenvalue weighted by Gasteiger charge is -2.26. The van der Waals surface area contributed by atoms with Crippen LogP contribution in [0.15, 0.2) is 0 Å². The van der Waals surface area contributed by atoms with Gasteiger partial charge in [0.05, 0.1) is 25.0 Å². The summed E-state index contributed by atoms with van der Waals surface area (Å²) in [5.41, 5.74) is -0.463. The zero-order chi connectivity index (χ0) is 38.2. The maximum Gasteiger partial charge on any atom is 0.311 e. The van der Waals surface area contributed by atoms with Crippen LogP contribution in [0.2, 0.25) is 0 Å². The summed E-state index contributed by atoms with van der Waals surface area (Å²) in [4.78, 5) is 39.8. The maximum atomic E-state index is 12.8. The van der Waals surface area contributed by atoms with Crippen LogP contribution in [0.3, 0.4) is 0 Å². The Kier molecular flexibility index (Phi) is 30.8. The van der Waals surface area contributed by atoms with Crippen molar-refractivity contribution in [2.24, 2.45) is 10.8 Å². The zero-order valence-electron chi connectivity index (χ0n) is 35.2. The van der Waals surface area contributed by atoms with Gasteiger partial charge in [-0.05, 0) is 91.1 Å². The van der Waals surface area contributed by atoms with Gasteiger partial charge in [-0.15, -0.1) is 0 Å². The molecule has 0 saturated heterocycles. The average Bonchev–Trinajstić information content (AvgIpc) is 3.08. The molecule has 0 aliphatic rings. The molecule has 7 heteroatoms. The SMILES string of the molecule is CCCCCCCCCCOC(=O)CCC(C)(C)CCCC(CCCCCC(C)(C)C(=O)OCCCCCCCCCC)OC(=O)CCN(C)C. The lowest BCUT2D eigenvalue weighted by Crippen LogP contribution is -2.27. The normalized spacial score (nSPS) is 12.6. The van der Waals surface area contributed by atoms with Gasteiger partial charge in [0.25, 0.3) is 0 Å². The molecule has 0 amide bonds. The molecule has 0 aromatic rings. The molecular formula is C44H85NO6. The van der Waals surface area contributed by atoms with Crippen LogP contribution < -0.4 is 0 Å². The molecule has 0 aromatic carbocycles. The highest BCUT2D eigenvalue weighted by molar-refractivity contribution is 5.75. The summed E-state index contributed by atoms with van der Waals surface area (Å²) in [6, 6.07) is 0. The molecule has 0 spiro atoms. The van der Waals surface area contributed by atoms with Crippen molar-refractivity contribution >= 4 is 17.9 Å². The first kappa shape index (κ1) is 49.4. The second-order valence-electron chi connectivity index (χ2n) is 17.0. The number of nitrogens with zero attached hydrogens (tertiary/aromatic N) is 1. The molecule has 0 heterocycles. The molecule has 0 aliphatic carbocycles. The lowest BCUT2D eigenvalue weighted by atomic mass is 9.82. The van der Waals surface area contributed by atoms with Crippen LogP contribution in [-0.2, 0) is 28.6 Å². The van der Waals surface area contributed by atoms with Crippen molar-refractivity contribution in [3.63, 3.8) is 0 Å². The minimum absolute atomic E-state index is 0.0193. The number of hydrogen-bond donors (Lipinski definition) is 0. The van der Waals surface area contributed by atoms with Crippen LogP contribution >= 0.6 is 0 Å². The molecule has 0 aliphatic heterocycles. The van der Waals surface area contributed by atoms with E-state index in [2.05, 4.69) is 27.7 Å². The van der Waals surface area contributed by atoms with Crippen molar-refractivity contribution in [2.75, 3.05) is 33.9 Å². The van der Waals surface area contributed by atoms with Gasteiger partial charge in [0.15, 0.2) is 0 Å². The largest absolute Gasteiger partial charge is 0.466 e. The van der Waals surface area contributed by atoms with Crippen LogP contribution in [0.25, 0.3) is 0 Å². The fourth-order valence-corrected chi connectivity index (χ4v) is 6.50. The number of hydrogen-bond acceptors (Lipinski definition) is 7. The van der Waals surface area contributed by atoms with Gasteiger partial charge < -0.3 is 19.1 Å². The van der Waals surface area contributed by atoms with Crippen molar-refractivity contribution in [1.82, 2.24) is 4.90 Å². The van der Waals surface area contributed by atoms with E-state index in [0.29, 0.717) is 32.6 Å². The predicted octanol–water partition coefficient (Wildman–Crippen LogP) is 12.2. The minimum atomic E-state index is -0.482. The van der Waals surface area contributed by atoms with E-state index in [4.69, 9.17) is 14.2 Å². The van der Waals surface area contributed by atoms with Crippen LogP contribution in [-0.4, -0.2) is 62.8 Å². The van der Waals surface area contributed by atoms with E-state index in [9.17, 15) is 14.4 Å². The Morgan fingerprint density at radius 3 is 1.57 bits per heavy atom. The summed E-state index contributed by atoms with van der Waals surface area (Å²) in [6.45, 7) is 14.7. The topological polar surface area (TPSA) is 82.1 Å². The Balaban J connectivity index is 4.47. The van der Waals surface area contributed by atoms with Crippen molar-refractivity contribution in [3.05, 3.63) is 0 Å². The Bertz CT molecular complexity index is 855. The molecule has 51 heavy (non-hydrogen) atoms. The van der Waals surface area contributed by atoms with Crippen molar-refractivity contribution < 1.29 is 28.6 Å². The first-order valence-electron chi connectivity index (χ1n) is 21.5. The van der Waals surface area contributed by atoms with Gasteiger partial charge in [0.2, 0.25) is 0 Å². The summed E-state index contributed by atoms with van der Waals surface area (Å²) in [5.74, 6) is -0.302. The molecule has 0 N–H and O–H groups in total. The third kappa shape index (κ3) is 31.6. The molecule has 0 rings (SSSR count). The molecule has 7 nitrogen and oxygen atoms in total. The van der Waals surface area contributed by atoms with Crippen LogP contribution in [0.5, 0.6) is 0 Å². The van der Waals surface area contributed by atoms with Gasteiger partial charge in [-0.25, -0.2) is 0 Å². The highest BCUT2D eigenvalue weighted by Gasteiger charge is 2.29. The van der Waals surface area contributed by atoms with E-state index in [1.165, 1.54) is 77.0 Å².